The maximum Gasteiger partial charge on any atom is 0.306 e. The Morgan fingerprint density at radius 3 is 1.71 bits per heavy atom. The van der Waals surface area contributed by atoms with E-state index in [1.165, 1.54) is 64.2 Å². The Labute approximate surface area is 174 Å². The molecule has 0 radical (unpaired) electrons. The highest BCUT2D eigenvalue weighted by Crippen LogP contribution is 2.28. The highest BCUT2D eigenvalue weighted by Gasteiger charge is 2.35. The number of carbonyl (C=O) groups excluding carboxylic acids is 1. The molecule has 0 aliphatic carbocycles. The number of quaternary nitrogens is 1. The first-order chi connectivity index (χ1) is 13.6. The largest absolute Gasteiger partial charge is 0.459 e. The number of nitrogens with two attached hydrogens (primary N) is 1. The Hall–Kier alpha value is -0.610. The number of aliphatic hydroxyl groups is 1. The third kappa shape index (κ3) is 12.8. The van der Waals surface area contributed by atoms with Crippen LogP contribution in [0.4, 0.5) is 0 Å². The molecule has 0 aromatic carbocycles. The number of hydrogen-bond acceptors (Lipinski definition) is 3. The summed E-state index contributed by atoms with van der Waals surface area (Å²) in [5.74, 6) is 0.514. The summed E-state index contributed by atoms with van der Waals surface area (Å²) in [6.07, 6.45) is 19.1. The van der Waals surface area contributed by atoms with Gasteiger partial charge in [-0.1, -0.05) is 70.6 Å². The van der Waals surface area contributed by atoms with Crippen LogP contribution in [-0.2, 0) is 9.53 Å². The van der Waals surface area contributed by atoms with Gasteiger partial charge in [-0.05, 0) is 26.7 Å². The average molecular weight is 399 g/mol. The van der Waals surface area contributed by atoms with E-state index in [2.05, 4.69) is 19.2 Å². The van der Waals surface area contributed by atoms with E-state index < -0.39 is 0 Å². The number of unbranched alkanes of at least 4 members (excludes halogenated alkanes) is 12. The highest BCUT2D eigenvalue weighted by molar-refractivity contribution is 5.69. The molecule has 1 heterocycles. The summed E-state index contributed by atoms with van der Waals surface area (Å²) in [5.41, 5.74) is -0.301. The second-order valence-corrected chi connectivity index (χ2v) is 9.29. The molecule has 0 bridgehead atoms. The molecule has 1 fully saturated rings. The number of carbonyl (C=O) groups is 1. The molecule has 0 amide bonds. The van der Waals surface area contributed by atoms with Crippen LogP contribution in [0.5, 0.6) is 0 Å². The SMILES string of the molecule is CC(C)(OC(=O)CCCCCCCCCCCCCCCO)C1CC[NH2+]CC1. The van der Waals surface area contributed by atoms with Gasteiger partial charge in [-0.2, -0.15) is 0 Å². The molecule has 0 aromatic heterocycles. The molecule has 0 saturated carbocycles. The van der Waals surface area contributed by atoms with Gasteiger partial charge in [0.1, 0.15) is 5.60 Å². The van der Waals surface area contributed by atoms with Gasteiger partial charge in [0.2, 0.25) is 0 Å². The minimum Gasteiger partial charge on any atom is -0.459 e. The zero-order chi connectivity index (χ0) is 20.5. The summed E-state index contributed by atoms with van der Waals surface area (Å²) in [7, 11) is 0. The molecule has 0 atom stereocenters. The van der Waals surface area contributed by atoms with E-state index in [0.717, 1.165) is 45.2 Å². The van der Waals surface area contributed by atoms with Crippen molar-refractivity contribution in [2.24, 2.45) is 5.92 Å². The number of esters is 1. The Kier molecular flexibility index (Phi) is 14.7. The zero-order valence-electron chi connectivity index (χ0n) is 18.9. The molecule has 166 valence electrons. The first-order valence-corrected chi connectivity index (χ1v) is 12.2. The quantitative estimate of drug-likeness (QED) is 0.275. The summed E-state index contributed by atoms with van der Waals surface area (Å²) in [6.45, 7) is 6.86. The van der Waals surface area contributed by atoms with E-state index >= 15 is 0 Å². The predicted octanol–water partition coefficient (Wildman–Crippen LogP) is 4.74. The van der Waals surface area contributed by atoms with Crippen molar-refractivity contribution in [3.05, 3.63) is 0 Å². The van der Waals surface area contributed by atoms with Crippen LogP contribution in [-0.4, -0.2) is 36.4 Å². The van der Waals surface area contributed by atoms with Crippen LogP contribution in [0.1, 0.15) is 117 Å². The van der Waals surface area contributed by atoms with Crippen LogP contribution >= 0.6 is 0 Å². The van der Waals surface area contributed by atoms with Gasteiger partial charge >= 0.3 is 5.97 Å². The van der Waals surface area contributed by atoms with Crippen LogP contribution in [0.2, 0.25) is 0 Å². The van der Waals surface area contributed by atoms with Crippen molar-refractivity contribution in [3.63, 3.8) is 0 Å². The second-order valence-electron chi connectivity index (χ2n) is 9.29. The van der Waals surface area contributed by atoms with Crippen LogP contribution < -0.4 is 5.32 Å². The Bertz CT molecular complexity index is 378. The van der Waals surface area contributed by atoms with Gasteiger partial charge < -0.3 is 15.2 Å². The van der Waals surface area contributed by atoms with Crippen LogP contribution in [0.15, 0.2) is 0 Å². The van der Waals surface area contributed by atoms with Crippen molar-refractivity contribution >= 4 is 5.97 Å². The number of ether oxygens (including phenoxy) is 1. The number of hydrogen-bond donors (Lipinski definition) is 2. The molecule has 0 aromatic rings. The second kappa shape index (κ2) is 16.2. The Balaban J connectivity index is 1.88. The smallest absolute Gasteiger partial charge is 0.306 e. The first kappa shape index (κ1) is 25.4. The zero-order valence-corrected chi connectivity index (χ0v) is 18.9. The predicted molar refractivity (Wildman–Crippen MR) is 116 cm³/mol. The molecule has 4 heteroatoms. The van der Waals surface area contributed by atoms with Crippen LogP contribution in [0, 0.1) is 5.92 Å². The van der Waals surface area contributed by atoms with Crippen LogP contribution in [0.25, 0.3) is 0 Å². The van der Waals surface area contributed by atoms with E-state index in [1.807, 2.05) is 0 Å². The van der Waals surface area contributed by atoms with Crippen molar-refractivity contribution in [3.8, 4) is 0 Å². The lowest BCUT2D eigenvalue weighted by atomic mass is 9.83. The van der Waals surface area contributed by atoms with Gasteiger partial charge in [-0.25, -0.2) is 0 Å². The van der Waals surface area contributed by atoms with Crippen molar-refractivity contribution in [2.45, 2.75) is 122 Å². The van der Waals surface area contributed by atoms with Gasteiger partial charge in [0, 0.05) is 31.8 Å². The van der Waals surface area contributed by atoms with Gasteiger partial charge in [0.25, 0.3) is 0 Å². The third-order valence-electron chi connectivity index (χ3n) is 6.34. The third-order valence-corrected chi connectivity index (χ3v) is 6.34. The van der Waals surface area contributed by atoms with E-state index in [-0.39, 0.29) is 11.6 Å². The van der Waals surface area contributed by atoms with Gasteiger partial charge in [0.15, 0.2) is 0 Å². The summed E-state index contributed by atoms with van der Waals surface area (Å²) in [4.78, 5) is 12.2. The fourth-order valence-corrected chi connectivity index (χ4v) is 4.38. The summed E-state index contributed by atoms with van der Waals surface area (Å²) >= 11 is 0. The molecule has 1 rings (SSSR count). The summed E-state index contributed by atoms with van der Waals surface area (Å²) in [6, 6.07) is 0. The molecule has 1 aliphatic heterocycles. The molecular weight excluding hydrogens is 350 g/mol. The highest BCUT2D eigenvalue weighted by atomic mass is 16.6. The van der Waals surface area contributed by atoms with Crippen molar-refractivity contribution in [1.29, 1.82) is 0 Å². The molecule has 1 aliphatic rings. The molecule has 0 unspecified atom stereocenters. The minimum absolute atomic E-state index is 0.00135. The molecule has 28 heavy (non-hydrogen) atoms. The fourth-order valence-electron chi connectivity index (χ4n) is 4.38. The van der Waals surface area contributed by atoms with Crippen molar-refractivity contribution < 1.29 is 20.0 Å². The van der Waals surface area contributed by atoms with Gasteiger partial charge in [-0.3, -0.25) is 4.79 Å². The van der Waals surface area contributed by atoms with Crippen LogP contribution in [0.3, 0.4) is 0 Å². The molecule has 1 saturated heterocycles. The standard InChI is InChI=1S/C24H47NO3/c1-24(2,22-17-19-25-20-18-22)28-23(27)16-14-12-10-8-6-4-3-5-7-9-11-13-15-21-26/h22,25-26H,3-21H2,1-2H3/p+1. The Morgan fingerprint density at radius 1 is 0.821 bits per heavy atom. The number of piperidine rings is 1. The van der Waals surface area contributed by atoms with E-state index in [4.69, 9.17) is 9.84 Å². The van der Waals surface area contributed by atoms with Crippen molar-refractivity contribution in [2.75, 3.05) is 19.7 Å². The number of aliphatic hydroxyl groups excluding tert-OH is 1. The molecule has 3 N–H and O–H groups in total. The molecule has 4 nitrogen and oxygen atoms in total. The van der Waals surface area contributed by atoms with E-state index in [9.17, 15) is 4.79 Å². The molecular formula is C24H48NO3+. The maximum atomic E-state index is 12.2. The lowest BCUT2D eigenvalue weighted by Crippen LogP contribution is -2.86. The fraction of sp³-hybridized carbons (Fsp3) is 0.958. The Morgan fingerprint density at radius 2 is 1.25 bits per heavy atom. The van der Waals surface area contributed by atoms with Gasteiger partial charge in [-0.15, -0.1) is 0 Å². The van der Waals surface area contributed by atoms with Gasteiger partial charge in [0.05, 0.1) is 13.1 Å². The summed E-state index contributed by atoms with van der Waals surface area (Å²) in [5, 5.41) is 11.1. The monoisotopic (exact) mass is 398 g/mol. The lowest BCUT2D eigenvalue weighted by Gasteiger charge is -2.35. The number of rotatable bonds is 17. The normalized spacial score (nSPS) is 15.7. The summed E-state index contributed by atoms with van der Waals surface area (Å²) < 4.78 is 5.83. The maximum absolute atomic E-state index is 12.2. The average Bonchev–Trinajstić information content (AvgIpc) is 2.68. The van der Waals surface area contributed by atoms with E-state index in [0.29, 0.717) is 18.9 Å². The van der Waals surface area contributed by atoms with Crippen molar-refractivity contribution in [1.82, 2.24) is 0 Å². The minimum atomic E-state index is -0.301. The van der Waals surface area contributed by atoms with E-state index in [1.54, 1.807) is 0 Å². The first-order valence-electron chi connectivity index (χ1n) is 12.2. The topological polar surface area (TPSA) is 63.1 Å². The lowest BCUT2D eigenvalue weighted by molar-refractivity contribution is -0.665. The molecule has 0 spiro atoms.